The quantitative estimate of drug-likeness (QED) is 0.717. The molecular formula is C11H19NO4. The smallest absolute Gasteiger partial charge is 0.304 e. The van der Waals surface area contributed by atoms with Crippen LogP contribution in [-0.2, 0) is 9.53 Å². The fraction of sp³-hybridized carbons (Fsp3) is 0.909. The topological polar surface area (TPSA) is 70.0 Å². The third-order valence-corrected chi connectivity index (χ3v) is 3.50. The van der Waals surface area contributed by atoms with Gasteiger partial charge in [0, 0.05) is 32.7 Å². The number of aliphatic hydroxyl groups excluding tert-OH is 1. The highest BCUT2D eigenvalue weighted by atomic mass is 16.5. The van der Waals surface area contributed by atoms with E-state index < -0.39 is 5.97 Å². The number of hydrogen-bond donors (Lipinski definition) is 2. The first kappa shape index (κ1) is 11.8. The van der Waals surface area contributed by atoms with Crippen LogP contribution in [0.3, 0.4) is 0 Å². The zero-order valence-electron chi connectivity index (χ0n) is 9.39. The Hall–Kier alpha value is -0.650. The van der Waals surface area contributed by atoms with E-state index in [-0.39, 0.29) is 18.1 Å². The molecule has 2 aliphatic rings. The van der Waals surface area contributed by atoms with Crippen LogP contribution in [0.2, 0.25) is 0 Å². The highest BCUT2D eigenvalue weighted by Gasteiger charge is 2.42. The summed E-state index contributed by atoms with van der Waals surface area (Å²) in [6.07, 6.45) is 2.24. The highest BCUT2D eigenvalue weighted by Crippen LogP contribution is 2.34. The van der Waals surface area contributed by atoms with Gasteiger partial charge in [0.05, 0.1) is 18.1 Å². The van der Waals surface area contributed by atoms with Gasteiger partial charge in [0.1, 0.15) is 0 Å². The maximum absolute atomic E-state index is 10.5. The molecule has 2 rings (SSSR count). The maximum Gasteiger partial charge on any atom is 0.304 e. The minimum atomic E-state index is -0.759. The molecule has 2 heterocycles. The molecule has 0 saturated carbocycles. The van der Waals surface area contributed by atoms with Crippen LogP contribution in [-0.4, -0.2) is 59.0 Å². The predicted molar refractivity (Wildman–Crippen MR) is 57.2 cm³/mol. The minimum Gasteiger partial charge on any atom is -0.481 e. The number of aliphatic hydroxyl groups is 1. The largest absolute Gasteiger partial charge is 0.481 e. The molecule has 1 spiro atoms. The SMILES string of the molecule is O=C(O)CCN1CCC2(CC(O)CCO2)C1. The van der Waals surface area contributed by atoms with Crippen LogP contribution in [0.4, 0.5) is 0 Å². The number of likely N-dealkylation sites (tertiary alicyclic amines) is 1. The number of carboxylic acids is 1. The Bertz CT molecular complexity index is 271. The monoisotopic (exact) mass is 229 g/mol. The Morgan fingerprint density at radius 2 is 2.38 bits per heavy atom. The zero-order valence-corrected chi connectivity index (χ0v) is 9.39. The van der Waals surface area contributed by atoms with E-state index in [4.69, 9.17) is 9.84 Å². The summed E-state index contributed by atoms with van der Waals surface area (Å²) in [7, 11) is 0. The second-order valence-corrected chi connectivity index (χ2v) is 4.85. The molecule has 0 aromatic carbocycles. The molecule has 0 aromatic rings. The molecular weight excluding hydrogens is 210 g/mol. The van der Waals surface area contributed by atoms with Crippen LogP contribution in [0.15, 0.2) is 0 Å². The average Bonchev–Trinajstić information content (AvgIpc) is 2.58. The molecule has 92 valence electrons. The van der Waals surface area contributed by atoms with Crippen molar-refractivity contribution in [3.05, 3.63) is 0 Å². The summed E-state index contributed by atoms with van der Waals surface area (Å²) in [6.45, 7) is 2.84. The van der Waals surface area contributed by atoms with Gasteiger partial charge in [-0.15, -0.1) is 0 Å². The summed E-state index contributed by atoms with van der Waals surface area (Å²) in [4.78, 5) is 12.6. The van der Waals surface area contributed by atoms with Crippen molar-refractivity contribution in [2.45, 2.75) is 37.4 Å². The van der Waals surface area contributed by atoms with Crippen molar-refractivity contribution < 1.29 is 19.7 Å². The van der Waals surface area contributed by atoms with Gasteiger partial charge in [-0.25, -0.2) is 0 Å². The Labute approximate surface area is 95.0 Å². The first-order valence-corrected chi connectivity index (χ1v) is 5.86. The van der Waals surface area contributed by atoms with Crippen LogP contribution >= 0.6 is 0 Å². The molecule has 0 aromatic heterocycles. The average molecular weight is 229 g/mol. The van der Waals surface area contributed by atoms with Gasteiger partial charge in [0.2, 0.25) is 0 Å². The van der Waals surface area contributed by atoms with E-state index in [9.17, 15) is 9.90 Å². The normalized spacial score (nSPS) is 35.7. The van der Waals surface area contributed by atoms with Crippen molar-refractivity contribution in [1.82, 2.24) is 4.90 Å². The third kappa shape index (κ3) is 2.72. The summed E-state index contributed by atoms with van der Waals surface area (Å²) in [5.74, 6) is -0.759. The molecule has 0 amide bonds. The molecule has 0 radical (unpaired) electrons. The number of carbonyl (C=O) groups is 1. The van der Waals surface area contributed by atoms with Gasteiger partial charge in [-0.3, -0.25) is 9.69 Å². The number of carboxylic acid groups (broad SMARTS) is 1. The number of hydrogen-bond acceptors (Lipinski definition) is 4. The summed E-state index contributed by atoms with van der Waals surface area (Å²) < 4.78 is 5.78. The first-order chi connectivity index (χ1) is 7.60. The summed E-state index contributed by atoms with van der Waals surface area (Å²) in [5, 5.41) is 18.3. The summed E-state index contributed by atoms with van der Waals surface area (Å²) in [5.41, 5.74) is -0.212. The van der Waals surface area contributed by atoms with Crippen LogP contribution in [0.25, 0.3) is 0 Å². The van der Waals surface area contributed by atoms with Crippen LogP contribution in [0.5, 0.6) is 0 Å². The lowest BCUT2D eigenvalue weighted by atomic mass is 9.91. The lowest BCUT2D eigenvalue weighted by Gasteiger charge is -2.36. The molecule has 2 N–H and O–H groups in total. The van der Waals surface area contributed by atoms with Crippen LogP contribution < -0.4 is 0 Å². The highest BCUT2D eigenvalue weighted by molar-refractivity contribution is 5.66. The Morgan fingerprint density at radius 1 is 1.56 bits per heavy atom. The maximum atomic E-state index is 10.5. The third-order valence-electron chi connectivity index (χ3n) is 3.50. The van der Waals surface area contributed by atoms with E-state index in [0.717, 1.165) is 25.9 Å². The molecule has 0 bridgehead atoms. The van der Waals surface area contributed by atoms with Gasteiger partial charge in [-0.05, 0) is 12.8 Å². The second kappa shape index (κ2) is 4.69. The second-order valence-electron chi connectivity index (χ2n) is 4.85. The van der Waals surface area contributed by atoms with E-state index in [1.165, 1.54) is 0 Å². The van der Waals surface area contributed by atoms with E-state index in [1.54, 1.807) is 0 Å². The Kier molecular flexibility index (Phi) is 3.47. The fourth-order valence-electron chi connectivity index (χ4n) is 2.66. The molecule has 16 heavy (non-hydrogen) atoms. The molecule has 5 nitrogen and oxygen atoms in total. The van der Waals surface area contributed by atoms with Crippen molar-refractivity contribution in [1.29, 1.82) is 0 Å². The number of ether oxygens (including phenoxy) is 1. The van der Waals surface area contributed by atoms with Crippen molar-refractivity contribution in [2.24, 2.45) is 0 Å². The lowest BCUT2D eigenvalue weighted by molar-refractivity contribution is -0.137. The molecule has 2 saturated heterocycles. The minimum absolute atomic E-state index is 0.179. The van der Waals surface area contributed by atoms with Gasteiger partial charge in [-0.2, -0.15) is 0 Å². The van der Waals surface area contributed by atoms with Crippen LogP contribution in [0, 0.1) is 0 Å². The van der Waals surface area contributed by atoms with Crippen molar-refractivity contribution in [3.63, 3.8) is 0 Å². The van der Waals surface area contributed by atoms with E-state index in [1.807, 2.05) is 0 Å². The van der Waals surface area contributed by atoms with E-state index in [0.29, 0.717) is 19.6 Å². The number of aliphatic carboxylic acids is 1. The van der Waals surface area contributed by atoms with Gasteiger partial charge < -0.3 is 14.9 Å². The molecule has 0 aliphatic carbocycles. The summed E-state index contributed by atoms with van der Waals surface area (Å²) in [6, 6.07) is 0. The predicted octanol–water partition coefficient (Wildman–Crippen LogP) is 0.0769. The first-order valence-electron chi connectivity index (χ1n) is 5.86. The molecule has 2 atom stereocenters. The van der Waals surface area contributed by atoms with Crippen LogP contribution in [0.1, 0.15) is 25.7 Å². The summed E-state index contributed by atoms with van der Waals surface area (Å²) >= 11 is 0. The van der Waals surface area contributed by atoms with Crippen molar-refractivity contribution in [2.75, 3.05) is 26.2 Å². The van der Waals surface area contributed by atoms with Gasteiger partial charge >= 0.3 is 5.97 Å². The fourth-order valence-corrected chi connectivity index (χ4v) is 2.66. The van der Waals surface area contributed by atoms with Crippen molar-refractivity contribution >= 4 is 5.97 Å². The number of nitrogens with zero attached hydrogens (tertiary/aromatic N) is 1. The van der Waals surface area contributed by atoms with Gasteiger partial charge in [0.15, 0.2) is 0 Å². The number of rotatable bonds is 3. The lowest BCUT2D eigenvalue weighted by Crippen LogP contribution is -2.44. The molecule has 2 fully saturated rings. The van der Waals surface area contributed by atoms with E-state index >= 15 is 0 Å². The molecule has 2 unspecified atom stereocenters. The van der Waals surface area contributed by atoms with Crippen molar-refractivity contribution in [3.8, 4) is 0 Å². The molecule has 5 heteroatoms. The standard InChI is InChI=1S/C11H19NO4/c13-9-2-6-16-11(7-9)3-5-12(8-11)4-1-10(14)15/h9,13H,1-8H2,(H,14,15). The Morgan fingerprint density at radius 3 is 3.06 bits per heavy atom. The van der Waals surface area contributed by atoms with Gasteiger partial charge in [0.25, 0.3) is 0 Å². The van der Waals surface area contributed by atoms with Gasteiger partial charge in [-0.1, -0.05) is 0 Å². The van der Waals surface area contributed by atoms with E-state index in [2.05, 4.69) is 4.90 Å². The zero-order chi connectivity index (χ0) is 11.6. The molecule has 2 aliphatic heterocycles. The Balaban J connectivity index is 1.84.